The number of carbonyl (C=O) groups is 1. The number of Topliss-reactive ketones (excluding diaryl/α,β-unsaturated/α-hetero) is 1. The van der Waals surface area contributed by atoms with Gasteiger partial charge in [0.25, 0.3) is 0 Å². The first kappa shape index (κ1) is 13.1. The number of carbonyl (C=O) groups excluding carboxylic acids is 1. The van der Waals surface area contributed by atoms with E-state index in [-0.39, 0.29) is 0 Å². The molecule has 0 bridgehead atoms. The summed E-state index contributed by atoms with van der Waals surface area (Å²) in [6.45, 7) is 4.36. The number of aryl methyl sites for hydroxylation is 1. The van der Waals surface area contributed by atoms with Crippen molar-refractivity contribution in [3.63, 3.8) is 0 Å². The van der Waals surface area contributed by atoms with Crippen molar-refractivity contribution in [3.05, 3.63) is 10.6 Å². The van der Waals surface area contributed by atoms with Gasteiger partial charge in [-0.15, -0.1) is 0 Å². The van der Waals surface area contributed by atoms with Gasteiger partial charge in [0.1, 0.15) is 0 Å². The van der Waals surface area contributed by atoms with Gasteiger partial charge in [-0.3, -0.25) is 4.79 Å². The molecule has 1 saturated heterocycles. The Hall–Kier alpha value is -0.940. The van der Waals surface area contributed by atoms with E-state index in [1.54, 1.807) is 11.3 Å². The van der Waals surface area contributed by atoms with Gasteiger partial charge in [-0.25, -0.2) is 4.98 Å². The summed E-state index contributed by atoms with van der Waals surface area (Å²) >= 11 is 1.60. The number of anilines is 1. The SMILES string of the molecule is CC1CN(c2nc3c(s2)C(=O)CCC3)CC1N(C)C. The van der Waals surface area contributed by atoms with Gasteiger partial charge in [0.15, 0.2) is 10.9 Å². The van der Waals surface area contributed by atoms with Gasteiger partial charge in [0, 0.05) is 25.6 Å². The third-order valence-electron chi connectivity index (χ3n) is 4.26. The van der Waals surface area contributed by atoms with E-state index in [1.807, 2.05) is 0 Å². The zero-order valence-electron chi connectivity index (χ0n) is 11.8. The Bertz CT molecular complexity index is 497. The standard InChI is InChI=1S/C14H21N3OS/c1-9-7-17(8-11(9)16(2)3)14-15-10-5-4-6-12(18)13(10)19-14/h9,11H,4-8H2,1-3H3. The van der Waals surface area contributed by atoms with Crippen LogP contribution in [0.4, 0.5) is 5.13 Å². The molecule has 2 unspecified atom stereocenters. The first-order valence-electron chi connectivity index (χ1n) is 7.00. The molecule has 0 N–H and O–H groups in total. The van der Waals surface area contributed by atoms with Crippen molar-refractivity contribution in [1.82, 2.24) is 9.88 Å². The molecule has 1 aromatic heterocycles. The molecule has 3 rings (SSSR count). The van der Waals surface area contributed by atoms with Crippen LogP contribution >= 0.6 is 11.3 Å². The summed E-state index contributed by atoms with van der Waals surface area (Å²) in [5.41, 5.74) is 1.04. The van der Waals surface area contributed by atoms with E-state index >= 15 is 0 Å². The van der Waals surface area contributed by atoms with Crippen LogP contribution in [0.1, 0.15) is 35.1 Å². The number of hydrogen-bond donors (Lipinski definition) is 0. The van der Waals surface area contributed by atoms with Crippen LogP contribution in [0.5, 0.6) is 0 Å². The normalized spacial score (nSPS) is 27.2. The Balaban J connectivity index is 1.82. The van der Waals surface area contributed by atoms with Gasteiger partial charge < -0.3 is 9.80 Å². The molecule has 104 valence electrons. The number of nitrogens with zero attached hydrogens (tertiary/aromatic N) is 3. The van der Waals surface area contributed by atoms with Crippen molar-refractivity contribution in [2.75, 3.05) is 32.1 Å². The smallest absolute Gasteiger partial charge is 0.186 e. The fourth-order valence-electron chi connectivity index (χ4n) is 3.17. The number of hydrogen-bond acceptors (Lipinski definition) is 5. The number of likely N-dealkylation sites (N-methyl/N-ethyl adjacent to an activating group) is 1. The van der Waals surface area contributed by atoms with E-state index in [2.05, 4.69) is 30.8 Å². The molecule has 1 aliphatic heterocycles. The molecule has 0 amide bonds. The molecule has 1 aromatic rings. The van der Waals surface area contributed by atoms with Gasteiger partial charge in [0.05, 0.1) is 10.6 Å². The number of fused-ring (bicyclic) bond motifs is 1. The highest BCUT2D eigenvalue weighted by Gasteiger charge is 2.33. The van der Waals surface area contributed by atoms with E-state index in [0.717, 1.165) is 41.6 Å². The second-order valence-electron chi connectivity index (χ2n) is 5.96. The van der Waals surface area contributed by atoms with Crippen molar-refractivity contribution in [2.24, 2.45) is 5.92 Å². The third-order valence-corrected chi connectivity index (χ3v) is 5.46. The maximum atomic E-state index is 11.9. The van der Waals surface area contributed by atoms with Crippen molar-refractivity contribution < 1.29 is 4.79 Å². The Morgan fingerprint density at radius 2 is 2.11 bits per heavy atom. The Morgan fingerprint density at radius 3 is 2.74 bits per heavy atom. The van der Waals surface area contributed by atoms with Gasteiger partial charge in [0.2, 0.25) is 0 Å². The summed E-state index contributed by atoms with van der Waals surface area (Å²) < 4.78 is 0. The Morgan fingerprint density at radius 1 is 1.32 bits per heavy atom. The van der Waals surface area contributed by atoms with Crippen LogP contribution < -0.4 is 4.90 Å². The van der Waals surface area contributed by atoms with Crippen LogP contribution in [-0.2, 0) is 6.42 Å². The first-order chi connectivity index (χ1) is 9.06. The average molecular weight is 279 g/mol. The van der Waals surface area contributed by atoms with E-state index < -0.39 is 0 Å². The van der Waals surface area contributed by atoms with Crippen molar-refractivity contribution in [1.29, 1.82) is 0 Å². The molecule has 5 heteroatoms. The summed E-state index contributed by atoms with van der Waals surface area (Å²) in [5, 5.41) is 1.05. The minimum absolute atomic E-state index is 0.293. The van der Waals surface area contributed by atoms with Crippen LogP contribution in [0.25, 0.3) is 0 Å². The molecule has 19 heavy (non-hydrogen) atoms. The molecule has 2 atom stereocenters. The summed E-state index contributed by atoms with van der Waals surface area (Å²) in [7, 11) is 4.28. The molecule has 2 heterocycles. The predicted octanol–water partition coefficient (Wildman–Crippen LogP) is 2.05. The van der Waals surface area contributed by atoms with Crippen LogP contribution in [-0.4, -0.2) is 48.9 Å². The molecule has 0 spiro atoms. The number of thiazole rings is 1. The zero-order chi connectivity index (χ0) is 13.6. The highest BCUT2D eigenvalue weighted by molar-refractivity contribution is 7.17. The van der Waals surface area contributed by atoms with Crippen molar-refractivity contribution in [3.8, 4) is 0 Å². The second-order valence-corrected chi connectivity index (χ2v) is 6.94. The largest absolute Gasteiger partial charge is 0.346 e. The highest BCUT2D eigenvalue weighted by Crippen LogP contribution is 2.34. The predicted molar refractivity (Wildman–Crippen MR) is 78.2 cm³/mol. The average Bonchev–Trinajstić information content (AvgIpc) is 2.93. The summed E-state index contributed by atoms with van der Waals surface area (Å²) in [6, 6.07) is 0.580. The fourth-order valence-corrected chi connectivity index (χ4v) is 4.27. The lowest BCUT2D eigenvalue weighted by atomic mass is 10.0. The lowest BCUT2D eigenvalue weighted by Crippen LogP contribution is -2.34. The van der Waals surface area contributed by atoms with Crippen LogP contribution in [0.2, 0.25) is 0 Å². The summed E-state index contributed by atoms with van der Waals surface area (Å²) in [5.74, 6) is 0.938. The third kappa shape index (κ3) is 2.30. The van der Waals surface area contributed by atoms with E-state index in [1.165, 1.54) is 0 Å². The van der Waals surface area contributed by atoms with Gasteiger partial charge in [-0.05, 0) is 32.9 Å². The lowest BCUT2D eigenvalue weighted by Gasteiger charge is -2.22. The maximum absolute atomic E-state index is 11.9. The lowest BCUT2D eigenvalue weighted by molar-refractivity contribution is 0.0976. The summed E-state index contributed by atoms with van der Waals surface area (Å²) in [6.07, 6.45) is 2.63. The Kier molecular flexibility index (Phi) is 3.35. The van der Waals surface area contributed by atoms with Crippen LogP contribution in [0.15, 0.2) is 0 Å². The maximum Gasteiger partial charge on any atom is 0.186 e. The van der Waals surface area contributed by atoms with E-state index in [0.29, 0.717) is 24.2 Å². The Labute approximate surface area is 118 Å². The molecule has 0 saturated carbocycles. The molecule has 1 fully saturated rings. The summed E-state index contributed by atoms with van der Waals surface area (Å²) in [4.78, 5) is 22.2. The molecular weight excluding hydrogens is 258 g/mol. The quantitative estimate of drug-likeness (QED) is 0.830. The molecule has 1 aliphatic carbocycles. The first-order valence-corrected chi connectivity index (χ1v) is 7.82. The molecule has 4 nitrogen and oxygen atoms in total. The van der Waals surface area contributed by atoms with Gasteiger partial charge in [-0.1, -0.05) is 18.3 Å². The molecule has 2 aliphatic rings. The van der Waals surface area contributed by atoms with Crippen molar-refractivity contribution >= 4 is 22.3 Å². The minimum Gasteiger partial charge on any atom is -0.346 e. The van der Waals surface area contributed by atoms with E-state index in [4.69, 9.17) is 4.98 Å². The fraction of sp³-hybridized carbons (Fsp3) is 0.714. The second kappa shape index (κ2) is 4.87. The number of aromatic nitrogens is 1. The van der Waals surface area contributed by atoms with E-state index in [9.17, 15) is 4.79 Å². The number of rotatable bonds is 2. The minimum atomic E-state index is 0.293. The topological polar surface area (TPSA) is 36.4 Å². The molecular formula is C14H21N3OS. The highest BCUT2D eigenvalue weighted by atomic mass is 32.1. The van der Waals surface area contributed by atoms with Crippen LogP contribution in [0, 0.1) is 5.92 Å². The molecule has 0 radical (unpaired) electrons. The van der Waals surface area contributed by atoms with Crippen LogP contribution in [0.3, 0.4) is 0 Å². The monoisotopic (exact) mass is 279 g/mol. The van der Waals surface area contributed by atoms with Crippen molar-refractivity contribution in [2.45, 2.75) is 32.2 Å². The van der Waals surface area contributed by atoms with Gasteiger partial charge in [-0.2, -0.15) is 0 Å². The zero-order valence-corrected chi connectivity index (χ0v) is 12.7. The van der Waals surface area contributed by atoms with Gasteiger partial charge >= 0.3 is 0 Å². The molecule has 0 aromatic carbocycles. The number of ketones is 1.